The summed E-state index contributed by atoms with van der Waals surface area (Å²) in [5.74, 6) is 0.710. The van der Waals surface area contributed by atoms with Crippen molar-refractivity contribution in [3.05, 3.63) is 54.7 Å². The molecule has 0 spiro atoms. The Hall–Kier alpha value is -0.640. The molecule has 0 heterocycles. The second-order valence-electron chi connectivity index (χ2n) is 4.31. The van der Waals surface area contributed by atoms with Crippen LogP contribution in [0.4, 0.5) is 8.78 Å². The van der Waals surface area contributed by atoms with Crippen LogP contribution in [-0.2, 0) is 0 Å². The van der Waals surface area contributed by atoms with Gasteiger partial charge in [-0.05, 0) is 88.0 Å². The van der Waals surface area contributed by atoms with Crippen LogP contribution in [0.3, 0.4) is 0 Å². The SMILES string of the molecule is Cc1cc(F)cc(I)c1OCCOc1ccc(F)cc1I. The predicted octanol–water partition coefficient (Wildman–Crippen LogP) is 4.94. The van der Waals surface area contributed by atoms with Gasteiger partial charge in [0.05, 0.1) is 7.14 Å². The van der Waals surface area contributed by atoms with E-state index in [-0.39, 0.29) is 11.6 Å². The summed E-state index contributed by atoms with van der Waals surface area (Å²) < 4.78 is 38.7. The molecule has 0 aromatic heterocycles. The van der Waals surface area contributed by atoms with Crippen LogP contribution in [0.5, 0.6) is 11.5 Å². The van der Waals surface area contributed by atoms with Gasteiger partial charge in [-0.15, -0.1) is 0 Å². The Labute approximate surface area is 149 Å². The van der Waals surface area contributed by atoms with Gasteiger partial charge < -0.3 is 9.47 Å². The van der Waals surface area contributed by atoms with E-state index in [0.29, 0.717) is 28.3 Å². The Morgan fingerprint density at radius 1 is 0.905 bits per heavy atom. The lowest BCUT2D eigenvalue weighted by molar-refractivity contribution is 0.214. The summed E-state index contributed by atoms with van der Waals surface area (Å²) in [6, 6.07) is 7.20. The van der Waals surface area contributed by atoms with Crippen molar-refractivity contribution >= 4 is 45.2 Å². The van der Waals surface area contributed by atoms with E-state index in [4.69, 9.17) is 9.47 Å². The van der Waals surface area contributed by atoms with E-state index in [1.165, 1.54) is 24.3 Å². The Bertz CT molecular complexity index is 625. The Balaban J connectivity index is 1.90. The largest absolute Gasteiger partial charge is 0.489 e. The minimum absolute atomic E-state index is 0.277. The number of hydrogen-bond donors (Lipinski definition) is 0. The van der Waals surface area contributed by atoms with Crippen LogP contribution >= 0.6 is 45.2 Å². The van der Waals surface area contributed by atoms with Gasteiger partial charge in [-0.1, -0.05) is 0 Å². The summed E-state index contributed by atoms with van der Waals surface area (Å²) in [5.41, 5.74) is 0.746. The highest BCUT2D eigenvalue weighted by molar-refractivity contribution is 14.1. The normalized spacial score (nSPS) is 10.5. The lowest BCUT2D eigenvalue weighted by Gasteiger charge is -2.12. The number of rotatable bonds is 5. The Morgan fingerprint density at radius 2 is 1.57 bits per heavy atom. The number of aryl methyl sites for hydroxylation is 1. The third-order valence-electron chi connectivity index (χ3n) is 2.68. The minimum atomic E-state index is -0.292. The first-order valence-corrected chi connectivity index (χ1v) is 8.29. The van der Waals surface area contributed by atoms with Crippen LogP contribution in [0.15, 0.2) is 30.3 Å². The van der Waals surface area contributed by atoms with Crippen molar-refractivity contribution in [2.24, 2.45) is 0 Å². The average molecular weight is 516 g/mol. The lowest BCUT2D eigenvalue weighted by Crippen LogP contribution is -2.11. The van der Waals surface area contributed by atoms with Crippen molar-refractivity contribution in [1.82, 2.24) is 0 Å². The van der Waals surface area contributed by atoms with E-state index >= 15 is 0 Å². The summed E-state index contributed by atoms with van der Waals surface area (Å²) >= 11 is 4.05. The molecule has 0 radical (unpaired) electrons. The van der Waals surface area contributed by atoms with Gasteiger partial charge in [0.25, 0.3) is 0 Å². The Morgan fingerprint density at radius 3 is 2.24 bits per heavy atom. The zero-order valence-electron chi connectivity index (χ0n) is 11.1. The zero-order chi connectivity index (χ0) is 15.4. The number of hydrogen-bond acceptors (Lipinski definition) is 2. The quantitative estimate of drug-likeness (QED) is 0.415. The fourth-order valence-electron chi connectivity index (χ4n) is 1.76. The van der Waals surface area contributed by atoms with Gasteiger partial charge in [-0.2, -0.15) is 0 Å². The van der Waals surface area contributed by atoms with Crippen molar-refractivity contribution in [3.63, 3.8) is 0 Å². The van der Waals surface area contributed by atoms with Gasteiger partial charge in [0, 0.05) is 0 Å². The number of halogens is 4. The molecular formula is C15H12F2I2O2. The summed E-state index contributed by atoms with van der Waals surface area (Å²) in [7, 11) is 0. The monoisotopic (exact) mass is 516 g/mol. The van der Waals surface area contributed by atoms with Crippen LogP contribution in [-0.4, -0.2) is 13.2 Å². The van der Waals surface area contributed by atoms with E-state index in [2.05, 4.69) is 0 Å². The first-order chi connectivity index (χ1) is 9.97. The fourth-order valence-corrected chi connectivity index (χ4v) is 3.27. The smallest absolute Gasteiger partial charge is 0.135 e. The topological polar surface area (TPSA) is 18.5 Å². The first-order valence-electron chi connectivity index (χ1n) is 6.13. The standard InChI is InChI=1S/C15H12F2I2O2/c1-9-6-11(17)8-13(19)15(9)21-5-4-20-14-3-2-10(16)7-12(14)18/h2-3,6-8H,4-5H2,1H3. The molecule has 0 N–H and O–H groups in total. The van der Waals surface area contributed by atoms with Crippen molar-refractivity contribution in [1.29, 1.82) is 0 Å². The van der Waals surface area contributed by atoms with E-state index < -0.39 is 0 Å². The maximum Gasteiger partial charge on any atom is 0.135 e. The molecule has 112 valence electrons. The van der Waals surface area contributed by atoms with Crippen LogP contribution < -0.4 is 9.47 Å². The molecule has 0 saturated heterocycles. The highest BCUT2D eigenvalue weighted by Crippen LogP contribution is 2.26. The summed E-state index contributed by atoms with van der Waals surface area (Å²) in [4.78, 5) is 0. The maximum atomic E-state index is 13.2. The van der Waals surface area contributed by atoms with Crippen molar-refractivity contribution in [3.8, 4) is 11.5 Å². The number of benzene rings is 2. The molecule has 2 aromatic rings. The van der Waals surface area contributed by atoms with Gasteiger partial charge in [0.1, 0.15) is 36.3 Å². The molecule has 0 saturated carbocycles. The molecule has 2 nitrogen and oxygen atoms in total. The molecule has 0 aliphatic carbocycles. The molecule has 0 fully saturated rings. The van der Waals surface area contributed by atoms with Crippen LogP contribution in [0.1, 0.15) is 5.56 Å². The molecule has 0 amide bonds. The molecule has 0 bridgehead atoms. The van der Waals surface area contributed by atoms with Gasteiger partial charge in [-0.3, -0.25) is 0 Å². The van der Waals surface area contributed by atoms with E-state index in [1.54, 1.807) is 13.0 Å². The van der Waals surface area contributed by atoms with E-state index in [1.807, 2.05) is 45.2 Å². The highest BCUT2D eigenvalue weighted by Gasteiger charge is 2.08. The van der Waals surface area contributed by atoms with E-state index in [9.17, 15) is 8.78 Å². The third kappa shape index (κ3) is 4.67. The molecule has 2 rings (SSSR count). The van der Waals surface area contributed by atoms with Crippen LogP contribution in [0, 0.1) is 25.7 Å². The summed E-state index contributed by atoms with van der Waals surface area (Å²) in [5, 5.41) is 0. The minimum Gasteiger partial charge on any atom is -0.489 e. The maximum absolute atomic E-state index is 13.2. The molecular weight excluding hydrogens is 504 g/mol. The molecule has 0 atom stereocenters. The molecule has 2 aromatic carbocycles. The second-order valence-corrected chi connectivity index (χ2v) is 6.63. The summed E-state index contributed by atoms with van der Waals surface area (Å²) in [6.45, 7) is 2.45. The van der Waals surface area contributed by atoms with Crippen LogP contribution in [0.25, 0.3) is 0 Å². The zero-order valence-corrected chi connectivity index (χ0v) is 15.4. The third-order valence-corrected chi connectivity index (χ3v) is 4.32. The van der Waals surface area contributed by atoms with E-state index in [0.717, 1.165) is 9.13 Å². The molecule has 6 heteroatoms. The molecule has 0 unspecified atom stereocenters. The fraction of sp³-hybridized carbons (Fsp3) is 0.200. The van der Waals surface area contributed by atoms with Crippen LogP contribution in [0.2, 0.25) is 0 Å². The van der Waals surface area contributed by atoms with Crippen molar-refractivity contribution in [2.45, 2.75) is 6.92 Å². The van der Waals surface area contributed by atoms with Gasteiger partial charge in [0.2, 0.25) is 0 Å². The molecule has 0 aliphatic rings. The van der Waals surface area contributed by atoms with Gasteiger partial charge in [0.15, 0.2) is 0 Å². The number of ether oxygens (including phenoxy) is 2. The predicted molar refractivity (Wildman–Crippen MR) is 94.0 cm³/mol. The van der Waals surface area contributed by atoms with Crippen molar-refractivity contribution < 1.29 is 18.3 Å². The Kier molecular flexibility index (Phi) is 6.03. The summed E-state index contributed by atoms with van der Waals surface area (Å²) in [6.07, 6.45) is 0. The van der Waals surface area contributed by atoms with Gasteiger partial charge in [-0.25, -0.2) is 8.78 Å². The van der Waals surface area contributed by atoms with Crippen molar-refractivity contribution in [2.75, 3.05) is 13.2 Å². The highest BCUT2D eigenvalue weighted by atomic mass is 127. The first kappa shape index (κ1) is 16.7. The van der Waals surface area contributed by atoms with Gasteiger partial charge >= 0.3 is 0 Å². The molecule has 21 heavy (non-hydrogen) atoms. The second kappa shape index (κ2) is 7.57. The lowest BCUT2D eigenvalue weighted by atomic mass is 10.2. The molecule has 0 aliphatic heterocycles. The average Bonchev–Trinajstić information content (AvgIpc) is 2.38.